The molecule has 1 heterocycles. The lowest BCUT2D eigenvalue weighted by molar-refractivity contribution is 0.0961. The maximum absolute atomic E-state index is 12.3. The largest absolute Gasteiger partial charge is 0.330 e. The van der Waals surface area contributed by atoms with Crippen LogP contribution in [0, 0.1) is 5.41 Å². The molecule has 2 aromatic rings. The van der Waals surface area contributed by atoms with Gasteiger partial charge in [-0.15, -0.1) is 0 Å². The maximum atomic E-state index is 12.3. The normalized spacial score (nSPS) is 11.8. The van der Waals surface area contributed by atoms with Gasteiger partial charge in [0.2, 0.25) is 0 Å². The minimum absolute atomic E-state index is 0.125. The van der Waals surface area contributed by atoms with Gasteiger partial charge in [0.25, 0.3) is 0 Å². The number of pyridine rings is 1. The van der Waals surface area contributed by atoms with Crippen LogP contribution < -0.4 is 5.73 Å². The van der Waals surface area contributed by atoms with Crippen molar-refractivity contribution in [2.24, 2.45) is 11.1 Å². The van der Waals surface area contributed by atoms with E-state index >= 15 is 0 Å². The van der Waals surface area contributed by atoms with Crippen molar-refractivity contribution in [2.45, 2.75) is 33.1 Å². The third-order valence-corrected chi connectivity index (χ3v) is 3.78. The number of nitrogens with two attached hydrogens (primary N) is 1. The van der Waals surface area contributed by atoms with E-state index in [2.05, 4.69) is 18.8 Å². The summed E-state index contributed by atoms with van der Waals surface area (Å²) in [6.07, 6.45) is 4.12. The van der Waals surface area contributed by atoms with E-state index in [0.717, 1.165) is 29.3 Å². The Hall–Kier alpha value is -1.74. The van der Waals surface area contributed by atoms with Gasteiger partial charge in [-0.05, 0) is 36.9 Å². The number of nitrogens with zero attached hydrogens (tertiary/aromatic N) is 1. The fourth-order valence-corrected chi connectivity index (χ4v) is 2.35. The van der Waals surface area contributed by atoms with Crippen molar-refractivity contribution in [3.63, 3.8) is 0 Å². The molecule has 3 nitrogen and oxygen atoms in total. The molecule has 20 heavy (non-hydrogen) atoms. The second-order valence-corrected chi connectivity index (χ2v) is 6.04. The summed E-state index contributed by atoms with van der Waals surface area (Å²) in [7, 11) is 0. The molecule has 3 heteroatoms. The van der Waals surface area contributed by atoms with Gasteiger partial charge in [0.05, 0.1) is 5.52 Å². The van der Waals surface area contributed by atoms with Crippen LogP contribution in [0.1, 0.15) is 43.5 Å². The Morgan fingerprint density at radius 3 is 2.80 bits per heavy atom. The zero-order valence-corrected chi connectivity index (χ0v) is 12.2. The first-order chi connectivity index (χ1) is 9.52. The third kappa shape index (κ3) is 3.64. The molecule has 0 spiro atoms. The number of fused-ring (bicyclic) bond motifs is 1. The highest BCUT2D eigenvalue weighted by Crippen LogP contribution is 2.27. The van der Waals surface area contributed by atoms with Crippen LogP contribution in [0.3, 0.4) is 0 Å². The van der Waals surface area contributed by atoms with E-state index in [0.29, 0.717) is 13.0 Å². The molecule has 0 aliphatic rings. The summed E-state index contributed by atoms with van der Waals surface area (Å²) in [5.41, 5.74) is 7.35. The predicted octanol–water partition coefficient (Wildman–Crippen LogP) is 3.57. The molecule has 2 rings (SSSR count). The van der Waals surface area contributed by atoms with Gasteiger partial charge >= 0.3 is 0 Å². The number of hydrogen-bond acceptors (Lipinski definition) is 3. The van der Waals surface area contributed by atoms with Gasteiger partial charge in [-0.3, -0.25) is 9.78 Å². The lowest BCUT2D eigenvalue weighted by atomic mass is 9.83. The summed E-state index contributed by atoms with van der Waals surface area (Å²) in [6.45, 7) is 4.99. The highest BCUT2D eigenvalue weighted by atomic mass is 16.1. The van der Waals surface area contributed by atoms with E-state index in [1.165, 1.54) is 0 Å². The Morgan fingerprint density at radius 2 is 2.05 bits per heavy atom. The minimum Gasteiger partial charge on any atom is -0.330 e. The molecule has 0 atom stereocenters. The monoisotopic (exact) mass is 270 g/mol. The van der Waals surface area contributed by atoms with Crippen LogP contribution in [0.5, 0.6) is 0 Å². The number of Topliss-reactive ketones (excluding diaryl/α,β-unsaturated/α-hetero) is 1. The number of carbonyl (C=O) groups excluding carboxylic acids is 1. The van der Waals surface area contributed by atoms with Crippen LogP contribution in [0.2, 0.25) is 0 Å². The average Bonchev–Trinajstić information content (AvgIpc) is 2.44. The highest BCUT2D eigenvalue weighted by Gasteiger charge is 2.19. The Morgan fingerprint density at radius 1 is 1.25 bits per heavy atom. The molecule has 0 bridgehead atoms. The molecule has 0 aliphatic carbocycles. The number of ketones is 1. The van der Waals surface area contributed by atoms with Crippen LogP contribution in [0.15, 0.2) is 36.5 Å². The van der Waals surface area contributed by atoms with Crippen molar-refractivity contribution in [2.75, 3.05) is 6.54 Å². The average molecular weight is 270 g/mol. The number of aromatic nitrogens is 1. The lowest BCUT2D eigenvalue weighted by Gasteiger charge is -2.23. The Balaban J connectivity index is 2.08. The summed E-state index contributed by atoms with van der Waals surface area (Å²) >= 11 is 0. The molecule has 0 saturated heterocycles. The number of hydrogen-bond donors (Lipinski definition) is 1. The molecule has 0 unspecified atom stereocenters. The van der Waals surface area contributed by atoms with E-state index in [1.807, 2.05) is 30.3 Å². The SMILES string of the molecule is CC(C)(CCN)CCC(=O)c1ccc2cccnc2c1. The van der Waals surface area contributed by atoms with Gasteiger partial charge in [0, 0.05) is 23.6 Å². The quantitative estimate of drug-likeness (QED) is 0.816. The van der Waals surface area contributed by atoms with Crippen molar-refractivity contribution < 1.29 is 4.79 Å². The van der Waals surface area contributed by atoms with Gasteiger partial charge in [-0.25, -0.2) is 0 Å². The topological polar surface area (TPSA) is 56.0 Å². The Kier molecular flexibility index (Phi) is 4.50. The highest BCUT2D eigenvalue weighted by molar-refractivity contribution is 5.99. The number of rotatable bonds is 6. The van der Waals surface area contributed by atoms with E-state index in [4.69, 9.17) is 5.73 Å². The fraction of sp³-hybridized carbons (Fsp3) is 0.412. The molecule has 0 fully saturated rings. The van der Waals surface area contributed by atoms with Crippen LogP contribution in [-0.4, -0.2) is 17.3 Å². The molecule has 0 radical (unpaired) electrons. The van der Waals surface area contributed by atoms with Gasteiger partial charge in [0.1, 0.15) is 0 Å². The summed E-state index contributed by atoms with van der Waals surface area (Å²) in [6, 6.07) is 9.64. The second kappa shape index (κ2) is 6.14. The summed E-state index contributed by atoms with van der Waals surface area (Å²) in [4.78, 5) is 16.6. The van der Waals surface area contributed by atoms with Gasteiger partial charge < -0.3 is 5.73 Å². The fourth-order valence-electron chi connectivity index (χ4n) is 2.35. The van der Waals surface area contributed by atoms with Crippen LogP contribution in [0.25, 0.3) is 10.9 Å². The number of carbonyl (C=O) groups is 1. The van der Waals surface area contributed by atoms with E-state index in [1.54, 1.807) is 6.20 Å². The maximum Gasteiger partial charge on any atom is 0.162 e. The summed E-state index contributed by atoms with van der Waals surface area (Å²) in [5, 5.41) is 1.06. The molecule has 2 N–H and O–H groups in total. The van der Waals surface area contributed by atoms with Gasteiger partial charge in [-0.2, -0.15) is 0 Å². The lowest BCUT2D eigenvalue weighted by Crippen LogP contribution is -2.18. The van der Waals surface area contributed by atoms with Crippen LogP contribution in [-0.2, 0) is 0 Å². The molecule has 0 saturated carbocycles. The predicted molar refractivity (Wildman–Crippen MR) is 82.8 cm³/mol. The molecule has 1 aromatic heterocycles. The van der Waals surface area contributed by atoms with Gasteiger partial charge in [0.15, 0.2) is 5.78 Å². The van der Waals surface area contributed by atoms with Crippen LogP contribution >= 0.6 is 0 Å². The first-order valence-corrected chi connectivity index (χ1v) is 7.10. The van der Waals surface area contributed by atoms with E-state index in [-0.39, 0.29) is 11.2 Å². The Bertz CT molecular complexity index is 605. The first-order valence-electron chi connectivity index (χ1n) is 7.10. The van der Waals surface area contributed by atoms with Crippen molar-refractivity contribution in [1.82, 2.24) is 4.98 Å². The van der Waals surface area contributed by atoms with Crippen LogP contribution in [0.4, 0.5) is 0 Å². The summed E-state index contributed by atoms with van der Waals surface area (Å²) in [5.74, 6) is 0.183. The molecule has 0 aliphatic heterocycles. The third-order valence-electron chi connectivity index (χ3n) is 3.78. The second-order valence-electron chi connectivity index (χ2n) is 6.04. The van der Waals surface area contributed by atoms with Crippen molar-refractivity contribution >= 4 is 16.7 Å². The smallest absolute Gasteiger partial charge is 0.162 e. The molecular weight excluding hydrogens is 248 g/mol. The van der Waals surface area contributed by atoms with Crippen molar-refractivity contribution in [1.29, 1.82) is 0 Å². The zero-order valence-electron chi connectivity index (χ0n) is 12.2. The van der Waals surface area contributed by atoms with E-state index < -0.39 is 0 Å². The summed E-state index contributed by atoms with van der Waals surface area (Å²) < 4.78 is 0. The van der Waals surface area contributed by atoms with Gasteiger partial charge in [-0.1, -0.05) is 32.0 Å². The first kappa shape index (κ1) is 14.7. The molecular formula is C17H22N2O. The Labute approximate surface area is 120 Å². The number of benzene rings is 1. The molecule has 106 valence electrons. The van der Waals surface area contributed by atoms with E-state index in [9.17, 15) is 4.79 Å². The molecule has 0 amide bonds. The molecule has 1 aromatic carbocycles. The van der Waals surface area contributed by atoms with Crippen molar-refractivity contribution in [3.8, 4) is 0 Å². The standard InChI is InChI=1S/C17H22N2O/c1-17(2,9-10-18)8-7-16(20)14-6-5-13-4-3-11-19-15(13)12-14/h3-6,11-12H,7-10,18H2,1-2H3. The zero-order chi connectivity index (χ0) is 14.6. The van der Waals surface area contributed by atoms with Crippen molar-refractivity contribution in [3.05, 3.63) is 42.1 Å². The minimum atomic E-state index is 0.125.